The van der Waals surface area contributed by atoms with Crippen LogP contribution < -0.4 is 4.90 Å². The quantitative estimate of drug-likeness (QED) is 0.204. The van der Waals surface area contributed by atoms with Gasteiger partial charge in [0.1, 0.15) is 23.1 Å². The topological polar surface area (TPSA) is 54.5 Å². The van der Waals surface area contributed by atoms with Crippen molar-refractivity contribution in [3.63, 3.8) is 0 Å². The van der Waals surface area contributed by atoms with Crippen LogP contribution in [0.5, 0.6) is 0 Å². The second-order valence-electron chi connectivity index (χ2n) is 10.3. The van der Waals surface area contributed by atoms with Gasteiger partial charge < -0.3 is 4.90 Å². The van der Waals surface area contributed by atoms with Gasteiger partial charge in [-0.05, 0) is 54.1 Å². The van der Waals surface area contributed by atoms with Crippen LogP contribution in [0.15, 0.2) is 97.1 Å². The van der Waals surface area contributed by atoms with Crippen molar-refractivity contribution in [2.24, 2.45) is 5.41 Å². The van der Waals surface area contributed by atoms with Crippen LogP contribution in [0, 0.1) is 17.0 Å². The van der Waals surface area contributed by atoms with Gasteiger partial charge in [-0.3, -0.25) is 14.4 Å². The van der Waals surface area contributed by atoms with Gasteiger partial charge in [-0.1, -0.05) is 66.2 Å². The minimum absolute atomic E-state index is 0.0933. The lowest BCUT2D eigenvalue weighted by Gasteiger charge is -2.37. The van der Waals surface area contributed by atoms with Crippen molar-refractivity contribution in [1.29, 1.82) is 0 Å². The van der Waals surface area contributed by atoms with E-state index in [0.717, 1.165) is 0 Å². The molecule has 2 heterocycles. The van der Waals surface area contributed by atoms with Gasteiger partial charge in [0.2, 0.25) is 0 Å². The Bertz CT molecular complexity index is 1750. The Balaban J connectivity index is 1.56. The third-order valence-electron chi connectivity index (χ3n) is 8.40. The number of rotatable bonds is 3. The van der Waals surface area contributed by atoms with Gasteiger partial charge in [0.25, 0.3) is 0 Å². The van der Waals surface area contributed by atoms with E-state index >= 15 is 4.39 Å². The van der Waals surface area contributed by atoms with Crippen molar-refractivity contribution in [3.05, 3.63) is 142 Å². The van der Waals surface area contributed by atoms with E-state index in [9.17, 15) is 18.8 Å². The van der Waals surface area contributed by atoms with Gasteiger partial charge in [-0.15, -0.1) is 0 Å². The maximum absolute atomic E-state index is 15.7. The molecule has 7 heteroatoms. The Morgan fingerprint density at radius 1 is 0.825 bits per heavy atom. The summed E-state index contributed by atoms with van der Waals surface area (Å²) in [5.74, 6) is -3.61. The first kappa shape index (κ1) is 24.6. The van der Waals surface area contributed by atoms with Crippen LogP contribution in [0.3, 0.4) is 0 Å². The van der Waals surface area contributed by atoms with Gasteiger partial charge >= 0.3 is 0 Å². The second kappa shape index (κ2) is 8.80. The number of carbonyl (C=O) groups is 3. The van der Waals surface area contributed by atoms with Crippen molar-refractivity contribution < 1.29 is 23.2 Å². The molecule has 0 saturated carbocycles. The molecule has 0 unspecified atom stereocenters. The first-order valence-corrected chi connectivity index (χ1v) is 13.2. The smallest absolute Gasteiger partial charge is 0.185 e. The molecule has 4 aromatic rings. The van der Waals surface area contributed by atoms with Crippen LogP contribution in [0.2, 0.25) is 5.02 Å². The van der Waals surface area contributed by atoms with E-state index in [4.69, 9.17) is 11.6 Å². The highest BCUT2D eigenvalue weighted by Crippen LogP contribution is 2.61. The second-order valence-corrected chi connectivity index (χ2v) is 10.7. The molecule has 1 fully saturated rings. The lowest BCUT2D eigenvalue weighted by molar-refractivity contribution is 0.0664. The van der Waals surface area contributed by atoms with E-state index in [-0.39, 0.29) is 16.7 Å². The lowest BCUT2D eigenvalue weighted by atomic mass is 9.64. The molecule has 2 aliphatic heterocycles. The van der Waals surface area contributed by atoms with Gasteiger partial charge in [-0.25, -0.2) is 8.78 Å². The zero-order valence-corrected chi connectivity index (χ0v) is 21.6. The normalized spacial score (nSPS) is 21.9. The van der Waals surface area contributed by atoms with Crippen molar-refractivity contribution in [2.45, 2.75) is 18.0 Å². The Hall–Kier alpha value is -4.42. The van der Waals surface area contributed by atoms with Crippen LogP contribution in [0.25, 0.3) is 6.08 Å². The molecule has 1 aliphatic carbocycles. The fourth-order valence-electron chi connectivity index (χ4n) is 6.80. The monoisotopic (exact) mass is 551 g/mol. The minimum Gasteiger partial charge on any atom is -0.352 e. The number of carbonyl (C=O) groups excluding carboxylic acids is 3. The van der Waals surface area contributed by atoms with Crippen molar-refractivity contribution in [3.8, 4) is 0 Å². The summed E-state index contributed by atoms with van der Waals surface area (Å²) >= 11 is 6.10. The van der Waals surface area contributed by atoms with Gasteiger partial charge in [0.05, 0.1) is 6.04 Å². The maximum atomic E-state index is 15.7. The van der Waals surface area contributed by atoms with E-state index in [0.29, 0.717) is 21.8 Å². The van der Waals surface area contributed by atoms with Crippen molar-refractivity contribution in [1.82, 2.24) is 0 Å². The molecular formula is C33H20ClF2NO3. The van der Waals surface area contributed by atoms with E-state index in [1.165, 1.54) is 36.4 Å². The highest BCUT2D eigenvalue weighted by Gasteiger charge is 2.71. The molecule has 0 N–H and O–H groups in total. The summed E-state index contributed by atoms with van der Waals surface area (Å²) in [5.41, 5.74) is 0.0106. The van der Waals surface area contributed by atoms with Gasteiger partial charge in [-0.2, -0.15) is 0 Å². The van der Waals surface area contributed by atoms with Crippen LogP contribution in [0.1, 0.15) is 48.1 Å². The fourth-order valence-corrected chi connectivity index (χ4v) is 6.93. The zero-order valence-electron chi connectivity index (χ0n) is 20.9. The summed E-state index contributed by atoms with van der Waals surface area (Å²) in [4.78, 5) is 45.2. The fraction of sp³-hybridized carbons (Fsp3) is 0.121. The molecular weight excluding hydrogens is 532 g/mol. The molecule has 4 aromatic carbocycles. The number of ketones is 3. The molecule has 1 saturated heterocycles. The van der Waals surface area contributed by atoms with Crippen LogP contribution in [-0.2, 0) is 0 Å². The first-order chi connectivity index (χ1) is 19.3. The van der Waals surface area contributed by atoms with Crippen molar-refractivity contribution in [2.75, 3.05) is 4.90 Å². The average molecular weight is 552 g/mol. The summed E-state index contributed by atoms with van der Waals surface area (Å²) in [5, 5.41) is 0.432. The van der Waals surface area contributed by atoms with Crippen molar-refractivity contribution >= 4 is 40.7 Å². The van der Waals surface area contributed by atoms with Crippen LogP contribution >= 0.6 is 11.6 Å². The van der Waals surface area contributed by atoms with E-state index in [1.54, 1.807) is 71.6 Å². The molecule has 3 aliphatic rings. The first-order valence-electron chi connectivity index (χ1n) is 12.8. The largest absolute Gasteiger partial charge is 0.352 e. The highest BCUT2D eigenvalue weighted by molar-refractivity contribution is 6.32. The molecule has 196 valence electrons. The molecule has 4 nitrogen and oxygen atoms in total. The number of anilines is 1. The summed E-state index contributed by atoms with van der Waals surface area (Å²) in [6, 6.07) is 20.8. The van der Waals surface area contributed by atoms with E-state index in [1.807, 2.05) is 0 Å². The van der Waals surface area contributed by atoms with Gasteiger partial charge in [0.15, 0.2) is 17.3 Å². The number of nitrogens with zero attached hydrogens (tertiary/aromatic N) is 1. The Morgan fingerprint density at radius 3 is 2.15 bits per heavy atom. The predicted molar refractivity (Wildman–Crippen MR) is 148 cm³/mol. The molecule has 7 rings (SSSR count). The molecule has 0 radical (unpaired) electrons. The third kappa shape index (κ3) is 3.20. The standard InChI is InChI=1S/C33H20ClF2NO3/c34-20-12-9-18(10-13-20)30(38)29-28(24-7-3-4-8-25(24)36)33(31(39)22-5-1-2-6-23(22)32(33)40)27-16-11-19-17-21(35)14-15-26(19)37(27)29/h1-17,27-29H/t27-,28-,29-/m1/s1. The van der Waals surface area contributed by atoms with Gasteiger partial charge in [0, 0.05) is 38.9 Å². The van der Waals surface area contributed by atoms with Crippen LogP contribution in [0.4, 0.5) is 14.5 Å². The zero-order chi connectivity index (χ0) is 27.8. The molecule has 0 aromatic heterocycles. The maximum Gasteiger partial charge on any atom is 0.185 e. The Labute approximate surface area is 233 Å². The van der Waals surface area contributed by atoms with E-state index < -0.39 is 52.4 Å². The number of Topliss-reactive ketones (excluding diaryl/α,β-unsaturated/α-hetero) is 3. The minimum atomic E-state index is -1.83. The number of hydrogen-bond donors (Lipinski definition) is 0. The summed E-state index contributed by atoms with van der Waals surface area (Å²) in [7, 11) is 0. The molecule has 3 atom stereocenters. The predicted octanol–water partition coefficient (Wildman–Crippen LogP) is 6.93. The van der Waals surface area contributed by atoms with Crippen LogP contribution in [-0.4, -0.2) is 29.4 Å². The average Bonchev–Trinajstić information content (AvgIpc) is 3.39. The summed E-state index contributed by atoms with van der Waals surface area (Å²) < 4.78 is 30.0. The molecule has 0 bridgehead atoms. The Morgan fingerprint density at radius 2 is 1.48 bits per heavy atom. The number of halogens is 3. The number of fused-ring (bicyclic) bond motifs is 5. The summed E-state index contributed by atoms with van der Waals surface area (Å²) in [6.45, 7) is 0. The molecule has 1 spiro atoms. The highest BCUT2D eigenvalue weighted by atomic mass is 35.5. The Kier molecular flexibility index (Phi) is 5.41. The lowest BCUT2D eigenvalue weighted by Crippen LogP contribution is -2.48. The van der Waals surface area contributed by atoms with E-state index in [2.05, 4.69) is 0 Å². The third-order valence-corrected chi connectivity index (χ3v) is 8.66. The molecule has 40 heavy (non-hydrogen) atoms. The summed E-state index contributed by atoms with van der Waals surface area (Å²) in [6.07, 6.45) is 3.34. The number of benzene rings is 4. The SMILES string of the molecule is O=C(c1ccc(Cl)cc1)[C@H]1[C@@H](c2ccccc2F)C2(C(=O)c3ccccc3C2=O)[C@H]2C=Cc3cc(F)ccc3N12. The molecule has 0 amide bonds. The number of hydrogen-bond acceptors (Lipinski definition) is 4.